The van der Waals surface area contributed by atoms with Crippen molar-refractivity contribution in [2.75, 3.05) is 0 Å². The number of esters is 2. The van der Waals surface area contributed by atoms with Crippen LogP contribution in [0, 0.1) is 34.5 Å². The number of allylic oxidation sites excluding steroid dienone is 12. The number of hydrogen-bond donors (Lipinski definition) is 4. The molecule has 4 N–H and O–H groups in total. The number of halogens is 6. The molecule has 12 atom stereocenters. The zero-order valence-electron chi connectivity index (χ0n) is 43.4. The van der Waals surface area contributed by atoms with Gasteiger partial charge in [0.25, 0.3) is 0 Å². The number of aliphatic hydroxyl groups excluding tert-OH is 2. The van der Waals surface area contributed by atoms with Gasteiger partial charge in [0.2, 0.25) is 0 Å². The summed E-state index contributed by atoms with van der Waals surface area (Å²) in [4.78, 5) is 23.2. The molecule has 400 valence electrons. The van der Waals surface area contributed by atoms with Gasteiger partial charge in [0.05, 0.1) is 12.2 Å². The number of hydrogen-bond acceptors (Lipinski definition) is 8. The zero-order chi connectivity index (χ0) is 53.8. The molecule has 72 heavy (non-hydrogen) atoms. The van der Waals surface area contributed by atoms with Crippen LogP contribution in [0.4, 0.5) is 26.3 Å². The first kappa shape index (κ1) is 58.6. The van der Waals surface area contributed by atoms with Crippen LogP contribution in [0.1, 0.15) is 145 Å². The van der Waals surface area contributed by atoms with Gasteiger partial charge in [-0.2, -0.15) is 26.3 Å². The molecule has 0 spiro atoms. The van der Waals surface area contributed by atoms with Crippen LogP contribution in [-0.2, 0) is 19.1 Å². The molecule has 4 fully saturated rings. The van der Waals surface area contributed by atoms with Crippen molar-refractivity contribution in [3.05, 3.63) is 119 Å². The number of aliphatic hydroxyl groups is 4. The number of ether oxygens (including phenoxy) is 2. The molecule has 0 saturated heterocycles. The van der Waals surface area contributed by atoms with Gasteiger partial charge < -0.3 is 29.9 Å². The zero-order valence-corrected chi connectivity index (χ0v) is 43.4. The van der Waals surface area contributed by atoms with E-state index in [1.807, 2.05) is 26.0 Å². The van der Waals surface area contributed by atoms with Crippen LogP contribution in [0.5, 0.6) is 0 Å². The second kappa shape index (κ2) is 23.1. The number of carbonyl (C=O) groups is 2. The molecule has 0 bridgehead atoms. The summed E-state index contributed by atoms with van der Waals surface area (Å²) >= 11 is 0. The van der Waals surface area contributed by atoms with E-state index in [-0.39, 0.29) is 34.6 Å². The summed E-state index contributed by atoms with van der Waals surface area (Å²) in [6, 6.07) is 0. The third kappa shape index (κ3) is 13.7. The van der Waals surface area contributed by atoms with Gasteiger partial charge in [0.1, 0.15) is 12.2 Å². The first-order chi connectivity index (χ1) is 33.3. The highest BCUT2D eigenvalue weighted by Crippen LogP contribution is 2.58. The average Bonchev–Trinajstić information content (AvgIpc) is 3.81. The van der Waals surface area contributed by atoms with Crippen LogP contribution < -0.4 is 0 Å². The highest BCUT2D eigenvalue weighted by atomic mass is 19.4. The molecule has 0 aliphatic heterocycles. The molecule has 0 amide bonds. The molecular weight excluding hydrogens is 939 g/mol. The molecule has 6 unspecified atom stereocenters. The smallest absolute Gasteiger partial charge is 0.420 e. The fourth-order valence-electron chi connectivity index (χ4n) is 12.2. The molecular formula is C58H78F6O8. The minimum Gasteiger partial charge on any atom is -0.462 e. The standard InChI is InChI=1S/C31H41F3O5.C27H37F3O3/c1-19(9-7-16-30(6,37)31(32,33)34)26-13-14-27-23(10-8-15-29(26,27)5)11-12-24-17-25(38-21(3)35)18-28(20(24)2)39-22(4)36;1-17(7-5-14-26(4,33)27(28,29)30)22-11-12-23-19(8-6-13-25(22,23)3)9-10-20-15-21(31)16-24(32)18(20)2/h7,11-13,16,19,25,27-28,37H,2,8-10,14-15,17-18H2,1,3-6H3;5,9-11,14,17,21,23-24,31-33H,2,6-8,12-13,15-16H2,1,3-4H3/b16-7+,23-11+,24-12-;14-5+,19-9+,20-10-/t19?,25?,27?,28-,29+,30+;17?,21?,23?,24-,25+,26+/m00/s1. The molecule has 8 nitrogen and oxygen atoms in total. The van der Waals surface area contributed by atoms with Gasteiger partial charge >= 0.3 is 24.3 Å². The van der Waals surface area contributed by atoms with Crippen molar-refractivity contribution < 1.29 is 65.8 Å². The predicted molar refractivity (Wildman–Crippen MR) is 268 cm³/mol. The Labute approximate surface area is 422 Å². The van der Waals surface area contributed by atoms with Crippen molar-refractivity contribution in [2.45, 2.75) is 193 Å². The minimum atomic E-state index is -4.71. The Balaban J connectivity index is 0.000000271. The molecule has 14 heteroatoms. The number of fused-ring (bicyclic) bond motifs is 2. The van der Waals surface area contributed by atoms with Crippen molar-refractivity contribution >= 4 is 11.9 Å². The maximum Gasteiger partial charge on any atom is 0.420 e. The molecule has 6 aliphatic carbocycles. The van der Waals surface area contributed by atoms with Gasteiger partial charge in [0, 0.05) is 33.1 Å². The van der Waals surface area contributed by atoms with Crippen molar-refractivity contribution in [1.29, 1.82) is 0 Å². The van der Waals surface area contributed by atoms with Crippen LogP contribution in [0.15, 0.2) is 119 Å². The summed E-state index contributed by atoms with van der Waals surface area (Å²) in [6.45, 7) is 21.0. The van der Waals surface area contributed by atoms with Gasteiger partial charge in [-0.3, -0.25) is 9.59 Å². The monoisotopic (exact) mass is 1020 g/mol. The van der Waals surface area contributed by atoms with Crippen LogP contribution in [0.25, 0.3) is 0 Å². The molecule has 6 rings (SSSR count). The molecule has 0 aromatic carbocycles. The van der Waals surface area contributed by atoms with Crippen LogP contribution in [0.2, 0.25) is 0 Å². The first-order valence-electron chi connectivity index (χ1n) is 25.5. The van der Waals surface area contributed by atoms with Gasteiger partial charge in [-0.25, -0.2) is 0 Å². The Morgan fingerprint density at radius 2 is 1.14 bits per heavy atom. The normalized spacial score (nSPS) is 34.0. The summed E-state index contributed by atoms with van der Waals surface area (Å²) < 4.78 is 88.6. The predicted octanol–water partition coefficient (Wildman–Crippen LogP) is 13.0. The van der Waals surface area contributed by atoms with Crippen LogP contribution >= 0.6 is 0 Å². The summed E-state index contributed by atoms with van der Waals surface area (Å²) in [6.07, 6.45) is 16.1. The summed E-state index contributed by atoms with van der Waals surface area (Å²) in [5, 5.41) is 39.5. The minimum absolute atomic E-state index is 0.0367. The van der Waals surface area contributed by atoms with E-state index in [1.54, 1.807) is 0 Å². The number of alkyl halides is 6. The molecule has 0 heterocycles. The third-order valence-corrected chi connectivity index (χ3v) is 16.4. The Kier molecular flexibility index (Phi) is 18.8. The summed E-state index contributed by atoms with van der Waals surface area (Å²) in [5.74, 6) is -0.0412. The largest absolute Gasteiger partial charge is 0.462 e. The Hall–Kier alpha value is -4.24. The van der Waals surface area contributed by atoms with E-state index >= 15 is 0 Å². The maximum absolute atomic E-state index is 13.0. The lowest BCUT2D eigenvalue weighted by atomic mass is 9.62. The second-order valence-electron chi connectivity index (χ2n) is 22.1. The molecule has 0 aromatic rings. The maximum atomic E-state index is 13.0. The Morgan fingerprint density at radius 1 is 0.708 bits per heavy atom. The Bertz CT molecular complexity index is 2290. The topological polar surface area (TPSA) is 134 Å². The highest BCUT2D eigenvalue weighted by Gasteiger charge is 2.50. The lowest BCUT2D eigenvalue weighted by Crippen LogP contribution is -2.40. The number of carbonyl (C=O) groups excluding carboxylic acids is 2. The van der Waals surface area contributed by atoms with E-state index in [9.17, 15) is 56.4 Å². The van der Waals surface area contributed by atoms with Crippen molar-refractivity contribution in [3.8, 4) is 0 Å². The lowest BCUT2D eigenvalue weighted by Gasteiger charge is -2.42. The van der Waals surface area contributed by atoms with E-state index in [0.29, 0.717) is 55.6 Å². The van der Waals surface area contributed by atoms with Crippen LogP contribution in [-0.4, -0.2) is 80.3 Å². The molecule has 0 aromatic heterocycles. The molecule has 0 radical (unpaired) electrons. The van der Waals surface area contributed by atoms with Gasteiger partial charge in [-0.15, -0.1) is 0 Å². The van der Waals surface area contributed by atoms with E-state index in [1.165, 1.54) is 48.3 Å². The first-order valence-corrected chi connectivity index (χ1v) is 25.5. The highest BCUT2D eigenvalue weighted by molar-refractivity contribution is 5.67. The van der Waals surface area contributed by atoms with E-state index < -0.39 is 53.9 Å². The SMILES string of the molecule is C=C1/C(=C\C=C2/CCC[C@]3(C)C(C(C)C/C=C/[C@@](C)(O)C(F)(F)F)=CCC23)CC(O)C[C@@H]1O.C=C1/C(=C\C=C2/CCC[C@]3(C)C(C(C)C/C=C/[C@@](C)(O)C(F)(F)F)=CCC23)CC(OC(C)=O)C[C@@H]1OC(C)=O. The fourth-order valence-corrected chi connectivity index (χ4v) is 12.2. The average molecular weight is 1020 g/mol. The van der Waals surface area contributed by atoms with E-state index in [4.69, 9.17) is 9.47 Å². The molecule has 6 aliphatic rings. The van der Waals surface area contributed by atoms with Crippen LogP contribution in [0.3, 0.4) is 0 Å². The van der Waals surface area contributed by atoms with Gasteiger partial charge in [-0.1, -0.05) is 112 Å². The van der Waals surface area contributed by atoms with Crippen molar-refractivity contribution in [1.82, 2.24) is 0 Å². The number of rotatable bonds is 12. The summed E-state index contributed by atoms with van der Waals surface area (Å²) in [5.41, 5.74) is 2.57. The van der Waals surface area contributed by atoms with E-state index in [0.717, 1.165) is 88.5 Å². The quantitative estimate of drug-likeness (QED) is 0.0863. The second-order valence-corrected chi connectivity index (χ2v) is 22.1. The fraction of sp³-hybridized carbons (Fsp3) is 0.621. The Morgan fingerprint density at radius 3 is 1.56 bits per heavy atom. The van der Waals surface area contributed by atoms with E-state index in [2.05, 4.69) is 51.3 Å². The van der Waals surface area contributed by atoms with Gasteiger partial charge in [-0.05, 0) is 153 Å². The lowest BCUT2D eigenvalue weighted by molar-refractivity contribution is -0.232. The van der Waals surface area contributed by atoms with Crippen molar-refractivity contribution in [2.24, 2.45) is 34.5 Å². The summed E-state index contributed by atoms with van der Waals surface area (Å²) in [7, 11) is 0. The third-order valence-electron chi connectivity index (χ3n) is 16.4. The van der Waals surface area contributed by atoms with Gasteiger partial charge in [0.15, 0.2) is 11.2 Å². The molecule has 4 saturated carbocycles. The van der Waals surface area contributed by atoms with Crippen molar-refractivity contribution in [3.63, 3.8) is 0 Å².